The molecule has 5 heteroatoms. The number of benzene rings is 1. The molecule has 0 aliphatic heterocycles. The van der Waals surface area contributed by atoms with E-state index in [1.54, 1.807) is 0 Å². The number of nitrogens with one attached hydrogen (secondary N) is 1. The summed E-state index contributed by atoms with van der Waals surface area (Å²) < 4.78 is 4.28. The molecule has 0 saturated heterocycles. The minimum Gasteiger partial charge on any atom is -0.340 e. The summed E-state index contributed by atoms with van der Waals surface area (Å²) in [5, 5.41) is 3.31. The van der Waals surface area contributed by atoms with E-state index >= 15 is 0 Å². The molecule has 0 aliphatic carbocycles. The Bertz CT molecular complexity index is 524. The number of hydrogen-bond acceptors (Lipinski definition) is 2. The van der Waals surface area contributed by atoms with Crippen LogP contribution < -0.4 is 5.32 Å². The van der Waals surface area contributed by atoms with Crippen molar-refractivity contribution in [3.8, 4) is 0 Å². The van der Waals surface area contributed by atoms with Gasteiger partial charge in [-0.2, -0.15) is 0 Å². The topological polar surface area (TPSA) is 29.9 Å². The quantitative estimate of drug-likeness (QED) is 0.795. The maximum absolute atomic E-state index is 4.41. The standard InChI is InChI=1S/C12H13BrIN3/c1-15-12(11-6-17(2)7-16-11)9-5-8(14)3-4-10(9)13/h3-7,12,15H,1-2H3. The average Bonchev–Trinajstić information content (AvgIpc) is 2.71. The molecule has 0 amide bonds. The molecule has 2 aromatic rings. The molecule has 3 nitrogen and oxygen atoms in total. The van der Waals surface area contributed by atoms with Gasteiger partial charge in [0.2, 0.25) is 0 Å². The van der Waals surface area contributed by atoms with E-state index in [9.17, 15) is 0 Å². The summed E-state index contributed by atoms with van der Waals surface area (Å²) in [7, 11) is 3.93. The van der Waals surface area contributed by atoms with Gasteiger partial charge in [-0.3, -0.25) is 0 Å². The number of nitrogens with zero attached hydrogens (tertiary/aromatic N) is 2. The molecule has 90 valence electrons. The van der Waals surface area contributed by atoms with Crippen molar-refractivity contribution >= 4 is 38.5 Å². The lowest BCUT2D eigenvalue weighted by Gasteiger charge is -2.16. The van der Waals surface area contributed by atoms with Crippen LogP contribution in [0.5, 0.6) is 0 Å². The Labute approximate surface area is 123 Å². The van der Waals surface area contributed by atoms with Crippen LogP contribution in [-0.4, -0.2) is 16.6 Å². The van der Waals surface area contributed by atoms with Crippen molar-refractivity contribution < 1.29 is 0 Å². The van der Waals surface area contributed by atoms with Crippen molar-refractivity contribution in [2.75, 3.05) is 7.05 Å². The normalized spacial score (nSPS) is 12.7. The second-order valence-corrected chi connectivity index (χ2v) is 5.95. The van der Waals surface area contributed by atoms with Crippen molar-refractivity contribution in [2.45, 2.75) is 6.04 Å². The van der Waals surface area contributed by atoms with Gasteiger partial charge >= 0.3 is 0 Å². The predicted molar refractivity (Wildman–Crippen MR) is 81.0 cm³/mol. The van der Waals surface area contributed by atoms with E-state index in [1.807, 2.05) is 31.2 Å². The lowest BCUT2D eigenvalue weighted by molar-refractivity contribution is 0.671. The first kappa shape index (κ1) is 13.0. The summed E-state index contributed by atoms with van der Waals surface area (Å²) in [4.78, 5) is 4.41. The third-order valence-electron chi connectivity index (χ3n) is 2.58. The van der Waals surface area contributed by atoms with Crippen LogP contribution in [-0.2, 0) is 7.05 Å². The smallest absolute Gasteiger partial charge is 0.0947 e. The Kier molecular flexibility index (Phi) is 4.22. The third-order valence-corrected chi connectivity index (χ3v) is 3.97. The predicted octanol–water partition coefficient (Wildman–Crippen LogP) is 3.10. The molecule has 1 heterocycles. The molecule has 2 rings (SSSR count). The summed E-state index contributed by atoms with van der Waals surface area (Å²) in [5.74, 6) is 0. The fraction of sp³-hybridized carbons (Fsp3) is 0.250. The van der Waals surface area contributed by atoms with Crippen molar-refractivity contribution in [3.63, 3.8) is 0 Å². The van der Waals surface area contributed by atoms with Gasteiger partial charge in [0.25, 0.3) is 0 Å². The fourth-order valence-corrected chi connectivity index (χ4v) is 2.77. The highest BCUT2D eigenvalue weighted by molar-refractivity contribution is 14.1. The maximum Gasteiger partial charge on any atom is 0.0947 e. The molecular weight excluding hydrogens is 393 g/mol. The number of rotatable bonds is 3. The molecule has 0 spiro atoms. The summed E-state index contributed by atoms with van der Waals surface area (Å²) in [6, 6.07) is 6.43. The minimum absolute atomic E-state index is 0.111. The molecule has 17 heavy (non-hydrogen) atoms. The number of hydrogen-bond donors (Lipinski definition) is 1. The molecule has 0 bridgehead atoms. The first-order valence-electron chi connectivity index (χ1n) is 5.22. The Morgan fingerprint density at radius 1 is 1.47 bits per heavy atom. The van der Waals surface area contributed by atoms with E-state index in [2.05, 4.69) is 67.0 Å². The van der Waals surface area contributed by atoms with Crippen molar-refractivity contribution in [1.82, 2.24) is 14.9 Å². The van der Waals surface area contributed by atoms with Gasteiger partial charge in [-0.25, -0.2) is 4.98 Å². The van der Waals surface area contributed by atoms with Gasteiger partial charge in [0.1, 0.15) is 0 Å². The largest absolute Gasteiger partial charge is 0.340 e. The lowest BCUT2D eigenvalue weighted by Crippen LogP contribution is -2.18. The molecule has 1 aromatic carbocycles. The molecule has 0 fully saturated rings. The van der Waals surface area contributed by atoms with Crippen LogP contribution in [0.1, 0.15) is 17.3 Å². The molecule has 0 radical (unpaired) electrons. The summed E-state index contributed by atoms with van der Waals surface area (Å²) >= 11 is 5.92. The van der Waals surface area contributed by atoms with Crippen molar-refractivity contribution in [3.05, 3.63) is 50.0 Å². The molecule has 1 unspecified atom stereocenters. The van der Waals surface area contributed by atoms with Crippen LogP contribution >= 0.6 is 38.5 Å². The summed E-state index contributed by atoms with van der Waals surface area (Å²) in [5.41, 5.74) is 2.23. The second-order valence-electron chi connectivity index (χ2n) is 3.85. The Hall–Kier alpha value is -0.400. The van der Waals surface area contributed by atoms with E-state index in [1.165, 1.54) is 9.13 Å². The molecule has 1 N–H and O–H groups in total. The summed E-state index contributed by atoms with van der Waals surface area (Å²) in [6.07, 6.45) is 3.86. The highest BCUT2D eigenvalue weighted by Gasteiger charge is 2.17. The molecule has 1 atom stereocenters. The first-order chi connectivity index (χ1) is 8.11. The van der Waals surface area contributed by atoms with E-state index in [-0.39, 0.29) is 6.04 Å². The van der Waals surface area contributed by atoms with Gasteiger partial charge in [0.15, 0.2) is 0 Å². The number of aromatic nitrogens is 2. The van der Waals surface area contributed by atoms with Crippen LogP contribution in [0.4, 0.5) is 0 Å². The summed E-state index contributed by atoms with van der Waals surface area (Å²) in [6.45, 7) is 0. The Morgan fingerprint density at radius 3 is 2.82 bits per heavy atom. The van der Waals surface area contributed by atoms with Crippen molar-refractivity contribution in [2.24, 2.45) is 7.05 Å². The van der Waals surface area contributed by atoms with E-state index in [0.29, 0.717) is 0 Å². The zero-order valence-corrected chi connectivity index (χ0v) is 13.4. The van der Waals surface area contributed by atoms with E-state index < -0.39 is 0 Å². The van der Waals surface area contributed by atoms with Crippen LogP contribution in [0.3, 0.4) is 0 Å². The SMILES string of the molecule is CNC(c1cn(C)cn1)c1cc(I)ccc1Br. The van der Waals surface area contributed by atoms with Crippen molar-refractivity contribution in [1.29, 1.82) is 0 Å². The molecular formula is C12H13BrIN3. The van der Waals surface area contributed by atoms with Gasteiger partial charge < -0.3 is 9.88 Å². The van der Waals surface area contributed by atoms with Crippen LogP contribution in [0.25, 0.3) is 0 Å². The monoisotopic (exact) mass is 405 g/mol. The molecule has 0 saturated carbocycles. The first-order valence-corrected chi connectivity index (χ1v) is 7.09. The van der Waals surface area contributed by atoms with Crippen LogP contribution in [0, 0.1) is 3.57 Å². The van der Waals surface area contributed by atoms with E-state index in [0.717, 1.165) is 10.2 Å². The van der Waals surface area contributed by atoms with Gasteiger partial charge in [-0.15, -0.1) is 0 Å². The number of halogens is 2. The van der Waals surface area contributed by atoms with Gasteiger partial charge in [-0.1, -0.05) is 15.9 Å². The maximum atomic E-state index is 4.41. The number of imidazole rings is 1. The second kappa shape index (κ2) is 5.49. The highest BCUT2D eigenvalue weighted by Crippen LogP contribution is 2.28. The van der Waals surface area contributed by atoms with Crippen LogP contribution in [0.2, 0.25) is 0 Å². The minimum atomic E-state index is 0.111. The average molecular weight is 406 g/mol. The molecule has 1 aromatic heterocycles. The Balaban J connectivity index is 2.45. The Morgan fingerprint density at radius 2 is 2.24 bits per heavy atom. The van der Waals surface area contributed by atoms with Gasteiger partial charge in [0, 0.05) is 21.3 Å². The lowest BCUT2D eigenvalue weighted by atomic mass is 10.0. The number of aryl methyl sites for hydroxylation is 1. The van der Waals surface area contributed by atoms with Gasteiger partial charge in [-0.05, 0) is 53.4 Å². The zero-order valence-electron chi connectivity index (χ0n) is 9.61. The third kappa shape index (κ3) is 2.89. The fourth-order valence-electron chi connectivity index (χ4n) is 1.78. The highest BCUT2D eigenvalue weighted by atomic mass is 127. The zero-order chi connectivity index (χ0) is 12.4. The van der Waals surface area contributed by atoms with Crippen LogP contribution in [0.15, 0.2) is 35.2 Å². The molecule has 0 aliphatic rings. The van der Waals surface area contributed by atoms with E-state index in [4.69, 9.17) is 0 Å². The van der Waals surface area contributed by atoms with Gasteiger partial charge in [0.05, 0.1) is 18.1 Å².